The van der Waals surface area contributed by atoms with E-state index >= 15 is 0 Å². The lowest BCUT2D eigenvalue weighted by Gasteiger charge is -2.11. The number of anilines is 1. The Balaban J connectivity index is 2.09. The fraction of sp³-hybridized carbons (Fsp3) is 0.222. The maximum atomic E-state index is 12.3. The number of carbonyl (C=O) groups is 2. The molecule has 0 aliphatic rings. The minimum absolute atomic E-state index is 0.0828. The standard InChI is InChI=1S/C18H18ClNO6S/c1-25-13-5-8-16(15(11-13)18(22)26-2)20-17(21)9-10-27(23,24)14-6-3-12(19)4-7-14/h3-8,11H,9-10H2,1-2H3,(H,20,21). The molecule has 0 aliphatic heterocycles. The Kier molecular flexibility index (Phi) is 6.81. The molecule has 0 saturated heterocycles. The minimum Gasteiger partial charge on any atom is -0.497 e. The molecular weight excluding hydrogens is 394 g/mol. The number of hydrogen-bond acceptors (Lipinski definition) is 6. The van der Waals surface area contributed by atoms with Gasteiger partial charge in [0.15, 0.2) is 9.84 Å². The van der Waals surface area contributed by atoms with Crippen molar-refractivity contribution in [2.45, 2.75) is 11.3 Å². The van der Waals surface area contributed by atoms with Gasteiger partial charge in [-0.15, -0.1) is 0 Å². The molecule has 0 aliphatic carbocycles. The number of carbonyl (C=O) groups excluding carboxylic acids is 2. The summed E-state index contributed by atoms with van der Waals surface area (Å²) in [6.45, 7) is 0. The van der Waals surface area contributed by atoms with Crippen molar-refractivity contribution < 1.29 is 27.5 Å². The number of rotatable bonds is 7. The molecule has 0 radical (unpaired) electrons. The molecule has 1 amide bonds. The number of esters is 1. The van der Waals surface area contributed by atoms with Crippen molar-refractivity contribution in [1.82, 2.24) is 0 Å². The third-order valence-corrected chi connectivity index (χ3v) is 5.66. The molecule has 2 rings (SSSR count). The number of methoxy groups -OCH3 is 2. The molecule has 144 valence electrons. The van der Waals surface area contributed by atoms with Gasteiger partial charge in [0.2, 0.25) is 5.91 Å². The molecule has 0 aromatic heterocycles. The summed E-state index contributed by atoms with van der Waals surface area (Å²) in [6, 6.07) is 10.2. The van der Waals surface area contributed by atoms with E-state index in [1.165, 1.54) is 50.6 Å². The van der Waals surface area contributed by atoms with Gasteiger partial charge in [0.05, 0.1) is 36.1 Å². The first-order chi connectivity index (χ1) is 12.8. The predicted molar refractivity (Wildman–Crippen MR) is 101 cm³/mol. The minimum atomic E-state index is -3.64. The van der Waals surface area contributed by atoms with E-state index in [1.807, 2.05) is 0 Å². The van der Waals surface area contributed by atoms with Gasteiger partial charge < -0.3 is 14.8 Å². The molecule has 2 aromatic rings. The quantitative estimate of drug-likeness (QED) is 0.703. The van der Waals surface area contributed by atoms with Crippen molar-refractivity contribution >= 4 is 39.0 Å². The van der Waals surface area contributed by atoms with Crippen LogP contribution in [0, 0.1) is 0 Å². The predicted octanol–water partition coefficient (Wildman–Crippen LogP) is 2.94. The highest BCUT2D eigenvalue weighted by molar-refractivity contribution is 7.91. The smallest absolute Gasteiger partial charge is 0.340 e. The van der Waals surface area contributed by atoms with Gasteiger partial charge >= 0.3 is 5.97 Å². The van der Waals surface area contributed by atoms with Gasteiger partial charge in [0.25, 0.3) is 0 Å². The third kappa shape index (κ3) is 5.45. The Morgan fingerprint density at radius 3 is 2.33 bits per heavy atom. The zero-order valence-corrected chi connectivity index (χ0v) is 16.3. The summed E-state index contributed by atoms with van der Waals surface area (Å²) >= 11 is 5.75. The zero-order chi connectivity index (χ0) is 20.0. The number of ether oxygens (including phenoxy) is 2. The molecule has 0 spiro atoms. The number of hydrogen-bond donors (Lipinski definition) is 1. The Hall–Kier alpha value is -2.58. The number of nitrogens with one attached hydrogen (secondary N) is 1. The molecule has 0 fully saturated rings. The second-order valence-electron chi connectivity index (χ2n) is 5.47. The Morgan fingerprint density at radius 1 is 1.07 bits per heavy atom. The number of sulfone groups is 1. The fourth-order valence-electron chi connectivity index (χ4n) is 2.24. The summed E-state index contributed by atoms with van der Waals surface area (Å²) in [5, 5.41) is 2.95. The van der Waals surface area contributed by atoms with Crippen LogP contribution in [0.2, 0.25) is 5.02 Å². The highest BCUT2D eigenvalue weighted by Crippen LogP contribution is 2.23. The van der Waals surface area contributed by atoms with E-state index in [0.29, 0.717) is 10.8 Å². The van der Waals surface area contributed by atoms with E-state index in [9.17, 15) is 18.0 Å². The molecule has 7 nitrogen and oxygen atoms in total. The van der Waals surface area contributed by atoms with E-state index in [1.54, 1.807) is 6.07 Å². The van der Waals surface area contributed by atoms with Crippen LogP contribution in [0.15, 0.2) is 47.4 Å². The normalized spacial score (nSPS) is 10.9. The van der Waals surface area contributed by atoms with Crippen molar-refractivity contribution in [3.05, 3.63) is 53.1 Å². The van der Waals surface area contributed by atoms with Crippen molar-refractivity contribution in [1.29, 1.82) is 0 Å². The van der Waals surface area contributed by atoms with Crippen molar-refractivity contribution in [3.63, 3.8) is 0 Å². The largest absolute Gasteiger partial charge is 0.497 e. The Morgan fingerprint density at radius 2 is 1.74 bits per heavy atom. The molecule has 0 unspecified atom stereocenters. The van der Waals surface area contributed by atoms with Crippen molar-refractivity contribution in [2.24, 2.45) is 0 Å². The van der Waals surface area contributed by atoms with Gasteiger partial charge in [-0.1, -0.05) is 11.6 Å². The van der Waals surface area contributed by atoms with Crippen LogP contribution in [-0.2, 0) is 19.4 Å². The third-order valence-electron chi connectivity index (χ3n) is 3.68. The number of amides is 1. The van der Waals surface area contributed by atoms with Gasteiger partial charge in [-0.3, -0.25) is 4.79 Å². The first-order valence-electron chi connectivity index (χ1n) is 7.81. The molecule has 0 saturated carbocycles. The van der Waals surface area contributed by atoms with E-state index in [-0.39, 0.29) is 28.3 Å². The monoisotopic (exact) mass is 411 g/mol. The lowest BCUT2D eigenvalue weighted by atomic mass is 10.1. The molecule has 1 N–H and O–H groups in total. The molecule has 27 heavy (non-hydrogen) atoms. The maximum absolute atomic E-state index is 12.3. The van der Waals surface area contributed by atoms with Crippen LogP contribution in [0.3, 0.4) is 0 Å². The molecule has 0 heterocycles. The first kappa shape index (κ1) is 20.7. The summed E-state index contributed by atoms with van der Waals surface area (Å²) < 4.78 is 34.3. The van der Waals surface area contributed by atoms with Crippen LogP contribution in [0.1, 0.15) is 16.8 Å². The average molecular weight is 412 g/mol. The van der Waals surface area contributed by atoms with Crippen LogP contribution in [-0.4, -0.2) is 40.3 Å². The van der Waals surface area contributed by atoms with E-state index < -0.39 is 21.7 Å². The van der Waals surface area contributed by atoms with Crippen LogP contribution in [0.25, 0.3) is 0 Å². The number of benzene rings is 2. The molecular formula is C18H18ClNO6S. The molecule has 2 aromatic carbocycles. The topological polar surface area (TPSA) is 98.8 Å². The summed E-state index contributed by atoms with van der Waals surface area (Å²) in [4.78, 5) is 24.1. The van der Waals surface area contributed by atoms with E-state index in [0.717, 1.165) is 0 Å². The average Bonchev–Trinajstić information content (AvgIpc) is 2.66. The second-order valence-corrected chi connectivity index (χ2v) is 8.02. The Bertz CT molecular complexity index is 941. The highest BCUT2D eigenvalue weighted by Gasteiger charge is 2.19. The lowest BCUT2D eigenvalue weighted by Crippen LogP contribution is -2.19. The van der Waals surface area contributed by atoms with Crippen LogP contribution >= 0.6 is 11.6 Å². The summed E-state index contributed by atoms with van der Waals surface area (Å²) in [5.74, 6) is -1.18. The van der Waals surface area contributed by atoms with E-state index in [2.05, 4.69) is 10.1 Å². The number of halogens is 1. The first-order valence-corrected chi connectivity index (χ1v) is 9.84. The van der Waals surface area contributed by atoms with Gasteiger partial charge in [0, 0.05) is 11.4 Å². The van der Waals surface area contributed by atoms with Crippen LogP contribution in [0.5, 0.6) is 5.75 Å². The summed E-state index contributed by atoms with van der Waals surface area (Å²) in [6.07, 6.45) is -0.280. The highest BCUT2D eigenvalue weighted by atomic mass is 35.5. The second kappa shape index (κ2) is 8.88. The Labute approximate surface area is 162 Å². The molecule has 0 atom stereocenters. The van der Waals surface area contributed by atoms with Crippen molar-refractivity contribution in [3.8, 4) is 5.75 Å². The molecule has 0 bridgehead atoms. The summed E-state index contributed by atoms with van der Waals surface area (Å²) in [5.41, 5.74) is 0.308. The SMILES string of the molecule is COC(=O)c1cc(OC)ccc1NC(=O)CCS(=O)(=O)c1ccc(Cl)cc1. The fourth-order valence-corrected chi connectivity index (χ4v) is 3.60. The van der Waals surface area contributed by atoms with E-state index in [4.69, 9.17) is 16.3 Å². The molecule has 9 heteroatoms. The lowest BCUT2D eigenvalue weighted by molar-refractivity contribution is -0.115. The maximum Gasteiger partial charge on any atom is 0.340 e. The van der Waals surface area contributed by atoms with Crippen LogP contribution < -0.4 is 10.1 Å². The van der Waals surface area contributed by atoms with Gasteiger partial charge in [-0.2, -0.15) is 0 Å². The van der Waals surface area contributed by atoms with Gasteiger partial charge in [0.1, 0.15) is 5.75 Å². The summed E-state index contributed by atoms with van der Waals surface area (Å²) in [7, 11) is -0.982. The van der Waals surface area contributed by atoms with Gasteiger partial charge in [-0.25, -0.2) is 13.2 Å². The zero-order valence-electron chi connectivity index (χ0n) is 14.7. The van der Waals surface area contributed by atoms with Crippen LogP contribution in [0.4, 0.5) is 5.69 Å². The van der Waals surface area contributed by atoms with Gasteiger partial charge in [-0.05, 0) is 42.5 Å². The van der Waals surface area contributed by atoms with Crippen molar-refractivity contribution in [2.75, 3.05) is 25.3 Å².